The molecule has 0 amide bonds. The lowest BCUT2D eigenvalue weighted by molar-refractivity contribution is 0.460. The fraction of sp³-hybridized carbons (Fsp3) is 0.450. The van der Waals surface area contributed by atoms with Gasteiger partial charge in [0.2, 0.25) is 0 Å². The quantitative estimate of drug-likeness (QED) is 0.790. The van der Waals surface area contributed by atoms with Crippen LogP contribution < -0.4 is 0 Å². The molecule has 0 spiro atoms. The first-order valence-corrected chi connectivity index (χ1v) is 8.25. The van der Waals surface area contributed by atoms with Gasteiger partial charge < -0.3 is 5.11 Å². The number of aromatic nitrogens is 1. The van der Waals surface area contributed by atoms with E-state index < -0.39 is 0 Å². The number of nitrogens with zero attached hydrogens (tertiary/aromatic N) is 1. The Labute approximate surface area is 132 Å². The summed E-state index contributed by atoms with van der Waals surface area (Å²) >= 11 is 0. The average Bonchev–Trinajstić information content (AvgIpc) is 2.45. The van der Waals surface area contributed by atoms with Crippen molar-refractivity contribution in [3.63, 3.8) is 0 Å². The number of aromatic hydroxyl groups is 1. The summed E-state index contributed by atoms with van der Waals surface area (Å²) in [6, 6.07) is 1.87. The average molecular weight is 295 g/mol. The minimum Gasteiger partial charge on any atom is -0.508 e. The molecule has 1 aromatic carbocycles. The van der Waals surface area contributed by atoms with Crippen LogP contribution >= 0.6 is 0 Å². The van der Waals surface area contributed by atoms with Crippen molar-refractivity contribution in [2.45, 2.75) is 59.3 Å². The molecule has 22 heavy (non-hydrogen) atoms. The third kappa shape index (κ3) is 2.51. The molecule has 0 aliphatic heterocycles. The molecule has 1 aromatic heterocycles. The van der Waals surface area contributed by atoms with E-state index in [0.717, 1.165) is 42.3 Å². The second kappa shape index (κ2) is 5.75. The first kappa shape index (κ1) is 15.1. The van der Waals surface area contributed by atoms with Crippen molar-refractivity contribution < 1.29 is 5.11 Å². The van der Waals surface area contributed by atoms with Crippen LogP contribution in [0, 0.1) is 6.92 Å². The summed E-state index contributed by atoms with van der Waals surface area (Å²) in [5.41, 5.74) is 7.38. The molecule has 116 valence electrons. The van der Waals surface area contributed by atoms with Crippen LogP contribution in [-0.2, 0) is 12.8 Å². The zero-order valence-electron chi connectivity index (χ0n) is 14.0. The number of allylic oxidation sites excluding steroid dienone is 2. The van der Waals surface area contributed by atoms with Gasteiger partial charge in [-0.25, -0.2) is 0 Å². The number of phenols is 1. The molecule has 1 aliphatic rings. The first-order chi connectivity index (χ1) is 10.5. The maximum atomic E-state index is 10.4. The molecule has 1 atom stereocenters. The van der Waals surface area contributed by atoms with E-state index in [1.807, 2.05) is 13.0 Å². The van der Waals surface area contributed by atoms with Crippen molar-refractivity contribution in [2.75, 3.05) is 0 Å². The van der Waals surface area contributed by atoms with Crippen molar-refractivity contribution in [1.82, 2.24) is 4.98 Å². The highest BCUT2D eigenvalue weighted by atomic mass is 16.3. The van der Waals surface area contributed by atoms with E-state index >= 15 is 0 Å². The molecule has 0 bridgehead atoms. The van der Waals surface area contributed by atoms with Gasteiger partial charge >= 0.3 is 0 Å². The van der Waals surface area contributed by atoms with Crippen LogP contribution in [0.1, 0.15) is 61.8 Å². The van der Waals surface area contributed by atoms with Crippen LogP contribution in [0.4, 0.5) is 0 Å². The molecule has 0 saturated heterocycles. The van der Waals surface area contributed by atoms with Gasteiger partial charge in [0.1, 0.15) is 5.75 Å². The molecule has 1 heterocycles. The molecule has 0 fully saturated rings. The van der Waals surface area contributed by atoms with Crippen LogP contribution in [0.25, 0.3) is 10.9 Å². The lowest BCUT2D eigenvalue weighted by Gasteiger charge is -2.26. The van der Waals surface area contributed by atoms with Gasteiger partial charge in [0.05, 0.1) is 5.52 Å². The zero-order chi connectivity index (χ0) is 15.9. The van der Waals surface area contributed by atoms with Crippen LogP contribution in [0.2, 0.25) is 0 Å². The summed E-state index contributed by atoms with van der Waals surface area (Å²) in [5, 5.41) is 11.6. The predicted molar refractivity (Wildman–Crippen MR) is 92.6 cm³/mol. The van der Waals surface area contributed by atoms with Gasteiger partial charge in [-0.1, -0.05) is 18.6 Å². The Morgan fingerprint density at radius 3 is 2.91 bits per heavy atom. The number of hydrogen-bond acceptors (Lipinski definition) is 2. The van der Waals surface area contributed by atoms with E-state index in [-0.39, 0.29) is 0 Å². The van der Waals surface area contributed by atoms with Crippen molar-refractivity contribution >= 4 is 10.9 Å². The smallest absolute Gasteiger partial charge is 0.120 e. The van der Waals surface area contributed by atoms with Crippen molar-refractivity contribution in [3.05, 3.63) is 46.2 Å². The summed E-state index contributed by atoms with van der Waals surface area (Å²) in [4.78, 5) is 4.73. The second-order valence-electron chi connectivity index (χ2n) is 6.87. The maximum absolute atomic E-state index is 10.4. The highest BCUT2D eigenvalue weighted by Gasteiger charge is 2.25. The summed E-state index contributed by atoms with van der Waals surface area (Å²) < 4.78 is 0. The Morgan fingerprint density at radius 2 is 2.18 bits per heavy atom. The van der Waals surface area contributed by atoms with E-state index in [2.05, 4.69) is 33.0 Å². The van der Waals surface area contributed by atoms with Gasteiger partial charge in [0.25, 0.3) is 0 Å². The van der Waals surface area contributed by atoms with Crippen molar-refractivity contribution in [3.8, 4) is 5.75 Å². The standard InChI is InChI=1S/C20H25NO/c1-12(2)6-5-7-15-11-21-20-14(4)10-17(22)18-13(3)8-9-16(15)19(18)20/h6,10-11,13,22H,5,7-9H2,1-4H3. The van der Waals surface area contributed by atoms with E-state index in [1.54, 1.807) is 0 Å². The van der Waals surface area contributed by atoms with Gasteiger partial charge in [0.15, 0.2) is 0 Å². The Bertz CT molecular complexity index is 754. The minimum absolute atomic E-state index is 0.408. The van der Waals surface area contributed by atoms with E-state index in [0.29, 0.717) is 11.7 Å². The number of hydrogen-bond donors (Lipinski definition) is 1. The van der Waals surface area contributed by atoms with E-state index in [4.69, 9.17) is 4.98 Å². The SMILES string of the molecule is CC(C)=CCCc1cnc2c(C)cc(O)c3c2c1CCC3C. The van der Waals surface area contributed by atoms with Crippen molar-refractivity contribution in [1.29, 1.82) is 0 Å². The minimum atomic E-state index is 0.408. The Balaban J connectivity index is 2.17. The Hall–Kier alpha value is -1.83. The van der Waals surface area contributed by atoms with E-state index in [1.165, 1.54) is 22.1 Å². The lowest BCUT2D eigenvalue weighted by Crippen LogP contribution is -2.10. The van der Waals surface area contributed by atoms with Gasteiger partial charge in [0, 0.05) is 17.1 Å². The summed E-state index contributed by atoms with van der Waals surface area (Å²) in [5.74, 6) is 0.854. The molecular weight excluding hydrogens is 270 g/mol. The second-order valence-corrected chi connectivity index (χ2v) is 6.87. The van der Waals surface area contributed by atoms with Gasteiger partial charge in [-0.3, -0.25) is 4.98 Å². The molecule has 3 rings (SSSR count). The molecule has 2 nitrogen and oxygen atoms in total. The molecule has 1 unspecified atom stereocenters. The van der Waals surface area contributed by atoms with E-state index in [9.17, 15) is 5.11 Å². The van der Waals surface area contributed by atoms with Gasteiger partial charge in [-0.05, 0) is 75.1 Å². The molecule has 1 N–H and O–H groups in total. The van der Waals surface area contributed by atoms with Crippen LogP contribution in [-0.4, -0.2) is 10.1 Å². The third-order valence-corrected chi connectivity index (χ3v) is 4.83. The molecule has 0 radical (unpaired) electrons. The number of phenolic OH excluding ortho intramolecular Hbond substituents is 1. The highest BCUT2D eigenvalue weighted by Crippen LogP contribution is 2.43. The van der Waals surface area contributed by atoms with Gasteiger partial charge in [-0.15, -0.1) is 0 Å². The van der Waals surface area contributed by atoms with Crippen LogP contribution in [0.3, 0.4) is 0 Å². The molecule has 2 aromatic rings. The third-order valence-electron chi connectivity index (χ3n) is 4.83. The normalized spacial score (nSPS) is 16.8. The zero-order valence-corrected chi connectivity index (χ0v) is 14.0. The summed E-state index contributed by atoms with van der Waals surface area (Å²) in [7, 11) is 0. The topological polar surface area (TPSA) is 33.1 Å². The maximum Gasteiger partial charge on any atom is 0.120 e. The highest BCUT2D eigenvalue weighted by molar-refractivity contribution is 5.92. The van der Waals surface area contributed by atoms with Crippen LogP contribution in [0.5, 0.6) is 5.75 Å². The first-order valence-electron chi connectivity index (χ1n) is 8.25. The fourth-order valence-electron chi connectivity index (χ4n) is 3.68. The largest absolute Gasteiger partial charge is 0.508 e. The predicted octanol–water partition coefficient (Wildman–Crippen LogP) is 5.20. The van der Waals surface area contributed by atoms with Gasteiger partial charge in [-0.2, -0.15) is 0 Å². The summed E-state index contributed by atoms with van der Waals surface area (Å²) in [6.07, 6.45) is 8.65. The molecule has 1 aliphatic carbocycles. The number of benzene rings is 1. The summed E-state index contributed by atoms with van der Waals surface area (Å²) in [6.45, 7) is 8.54. The van der Waals surface area contributed by atoms with Crippen LogP contribution in [0.15, 0.2) is 23.9 Å². The fourth-order valence-corrected chi connectivity index (χ4v) is 3.68. The van der Waals surface area contributed by atoms with Crippen molar-refractivity contribution in [2.24, 2.45) is 0 Å². The monoisotopic (exact) mass is 295 g/mol. The number of pyridine rings is 1. The number of aryl methyl sites for hydroxylation is 3. The lowest BCUT2D eigenvalue weighted by atomic mass is 9.80. The number of rotatable bonds is 3. The molecule has 0 saturated carbocycles. The Morgan fingerprint density at radius 1 is 1.41 bits per heavy atom. The Kier molecular flexibility index (Phi) is 3.94. The molecule has 2 heteroatoms. The molecular formula is C20H25NO.